The predicted octanol–water partition coefficient (Wildman–Crippen LogP) is 0.290. The molecule has 5 heteroatoms. The van der Waals surface area contributed by atoms with Gasteiger partial charge in [-0.15, -0.1) is 0 Å². The van der Waals surface area contributed by atoms with Crippen LogP contribution >= 0.6 is 0 Å². The summed E-state index contributed by atoms with van der Waals surface area (Å²) in [6.07, 6.45) is 0.376. The highest BCUT2D eigenvalue weighted by Gasteiger charge is 2.15. The molecule has 0 N–H and O–H groups in total. The highest BCUT2D eigenvalue weighted by Crippen LogP contribution is 2.04. The standard InChI is InChI=1S/C10H19NO4/c1-8(7-14-3)5-9(12)11(2)6-10(13)15-4/h8H,5-7H2,1-4H3. The second-order valence-electron chi connectivity index (χ2n) is 3.59. The molecule has 5 nitrogen and oxygen atoms in total. The number of likely N-dealkylation sites (N-methyl/N-ethyl adjacent to an activating group) is 1. The number of hydrogen-bond acceptors (Lipinski definition) is 4. The lowest BCUT2D eigenvalue weighted by Crippen LogP contribution is -2.33. The maximum Gasteiger partial charge on any atom is 0.325 e. The molecule has 0 spiro atoms. The van der Waals surface area contributed by atoms with E-state index in [2.05, 4.69) is 4.74 Å². The summed E-state index contributed by atoms with van der Waals surface area (Å²) in [4.78, 5) is 23.8. The summed E-state index contributed by atoms with van der Waals surface area (Å²) in [5.41, 5.74) is 0. The van der Waals surface area contributed by atoms with Crippen LogP contribution in [-0.2, 0) is 19.1 Å². The summed E-state index contributed by atoms with van der Waals surface area (Å²) in [7, 11) is 4.48. The highest BCUT2D eigenvalue weighted by atomic mass is 16.5. The van der Waals surface area contributed by atoms with Crippen LogP contribution in [0.3, 0.4) is 0 Å². The zero-order valence-electron chi connectivity index (χ0n) is 9.78. The Kier molecular flexibility index (Phi) is 6.70. The first-order valence-electron chi connectivity index (χ1n) is 4.81. The van der Waals surface area contributed by atoms with E-state index in [-0.39, 0.29) is 18.4 Å². The molecule has 0 saturated heterocycles. The van der Waals surface area contributed by atoms with Crippen molar-refractivity contribution in [2.45, 2.75) is 13.3 Å². The van der Waals surface area contributed by atoms with Crippen molar-refractivity contribution < 1.29 is 19.1 Å². The third-order valence-electron chi connectivity index (χ3n) is 1.99. The van der Waals surface area contributed by atoms with Crippen molar-refractivity contribution in [3.8, 4) is 0 Å². The molecule has 0 aromatic carbocycles. The molecular weight excluding hydrogens is 198 g/mol. The molecule has 0 heterocycles. The minimum atomic E-state index is -0.412. The first kappa shape index (κ1) is 13.9. The summed E-state index contributed by atoms with van der Waals surface area (Å²) < 4.78 is 9.39. The summed E-state index contributed by atoms with van der Waals surface area (Å²) in [6.45, 7) is 2.46. The fourth-order valence-electron chi connectivity index (χ4n) is 1.14. The second-order valence-corrected chi connectivity index (χ2v) is 3.59. The zero-order valence-corrected chi connectivity index (χ0v) is 9.78. The topological polar surface area (TPSA) is 55.8 Å². The van der Waals surface area contributed by atoms with E-state index in [4.69, 9.17) is 4.74 Å². The lowest BCUT2D eigenvalue weighted by Gasteiger charge is -2.17. The maximum atomic E-state index is 11.5. The van der Waals surface area contributed by atoms with Gasteiger partial charge in [0, 0.05) is 27.2 Å². The van der Waals surface area contributed by atoms with Crippen LogP contribution in [0.1, 0.15) is 13.3 Å². The Hall–Kier alpha value is -1.10. The average molecular weight is 217 g/mol. The molecule has 88 valence electrons. The molecule has 0 bridgehead atoms. The van der Waals surface area contributed by atoms with E-state index in [1.165, 1.54) is 12.0 Å². The van der Waals surface area contributed by atoms with Crippen molar-refractivity contribution in [3.05, 3.63) is 0 Å². The van der Waals surface area contributed by atoms with Gasteiger partial charge < -0.3 is 14.4 Å². The van der Waals surface area contributed by atoms with Crippen molar-refractivity contribution in [1.82, 2.24) is 4.90 Å². The normalized spacial score (nSPS) is 12.0. The third-order valence-corrected chi connectivity index (χ3v) is 1.99. The number of ether oxygens (including phenoxy) is 2. The Morgan fingerprint density at radius 1 is 1.33 bits per heavy atom. The Labute approximate surface area is 90.3 Å². The number of hydrogen-bond donors (Lipinski definition) is 0. The van der Waals surface area contributed by atoms with Crippen LogP contribution < -0.4 is 0 Å². The fourth-order valence-corrected chi connectivity index (χ4v) is 1.14. The van der Waals surface area contributed by atoms with E-state index in [1.807, 2.05) is 6.92 Å². The number of esters is 1. The minimum Gasteiger partial charge on any atom is -0.468 e. The van der Waals surface area contributed by atoms with Crippen molar-refractivity contribution >= 4 is 11.9 Å². The number of nitrogens with zero attached hydrogens (tertiary/aromatic N) is 1. The lowest BCUT2D eigenvalue weighted by molar-refractivity contribution is -0.146. The van der Waals surface area contributed by atoms with E-state index >= 15 is 0 Å². The van der Waals surface area contributed by atoms with Gasteiger partial charge in [0.15, 0.2) is 0 Å². The van der Waals surface area contributed by atoms with Gasteiger partial charge in [-0.3, -0.25) is 9.59 Å². The molecule has 0 aromatic heterocycles. The van der Waals surface area contributed by atoms with Gasteiger partial charge in [-0.1, -0.05) is 6.92 Å². The molecule has 0 saturated carbocycles. The molecule has 0 fully saturated rings. The summed E-state index contributed by atoms with van der Waals surface area (Å²) in [5, 5.41) is 0. The molecule has 0 aliphatic heterocycles. The van der Waals surface area contributed by atoms with Crippen molar-refractivity contribution in [3.63, 3.8) is 0 Å². The number of carbonyl (C=O) groups is 2. The van der Waals surface area contributed by atoms with Gasteiger partial charge in [0.1, 0.15) is 6.54 Å². The Balaban J connectivity index is 3.93. The van der Waals surface area contributed by atoms with Crippen LogP contribution in [0.5, 0.6) is 0 Å². The monoisotopic (exact) mass is 217 g/mol. The van der Waals surface area contributed by atoms with Gasteiger partial charge >= 0.3 is 5.97 Å². The number of carbonyl (C=O) groups excluding carboxylic acids is 2. The first-order chi connectivity index (χ1) is 7.01. The van der Waals surface area contributed by atoms with Crippen molar-refractivity contribution in [1.29, 1.82) is 0 Å². The van der Waals surface area contributed by atoms with Crippen LogP contribution in [0.25, 0.3) is 0 Å². The van der Waals surface area contributed by atoms with Crippen LogP contribution in [0.2, 0.25) is 0 Å². The van der Waals surface area contributed by atoms with Gasteiger partial charge in [0.25, 0.3) is 0 Å². The molecule has 0 aliphatic carbocycles. The van der Waals surface area contributed by atoms with E-state index in [0.717, 1.165) is 0 Å². The van der Waals surface area contributed by atoms with E-state index in [0.29, 0.717) is 13.0 Å². The number of methoxy groups -OCH3 is 2. The quantitative estimate of drug-likeness (QED) is 0.600. The van der Waals surface area contributed by atoms with Gasteiger partial charge in [-0.2, -0.15) is 0 Å². The molecule has 15 heavy (non-hydrogen) atoms. The van der Waals surface area contributed by atoms with Gasteiger partial charge in [0.2, 0.25) is 5.91 Å². The zero-order chi connectivity index (χ0) is 11.8. The summed E-state index contributed by atoms with van der Waals surface area (Å²) in [6, 6.07) is 0. The minimum absolute atomic E-state index is 0.00493. The molecule has 1 atom stereocenters. The van der Waals surface area contributed by atoms with Crippen molar-refractivity contribution in [2.75, 3.05) is 34.4 Å². The Morgan fingerprint density at radius 3 is 2.40 bits per heavy atom. The van der Waals surface area contributed by atoms with Crippen molar-refractivity contribution in [2.24, 2.45) is 5.92 Å². The van der Waals surface area contributed by atoms with Gasteiger partial charge in [0.05, 0.1) is 7.11 Å². The lowest BCUT2D eigenvalue weighted by atomic mass is 10.1. The smallest absolute Gasteiger partial charge is 0.325 e. The SMILES string of the molecule is COCC(C)CC(=O)N(C)CC(=O)OC. The maximum absolute atomic E-state index is 11.5. The van der Waals surface area contributed by atoms with Gasteiger partial charge in [-0.25, -0.2) is 0 Å². The van der Waals surface area contributed by atoms with Crippen LogP contribution in [0.15, 0.2) is 0 Å². The Morgan fingerprint density at radius 2 is 1.93 bits per heavy atom. The summed E-state index contributed by atoms with van der Waals surface area (Å²) >= 11 is 0. The first-order valence-corrected chi connectivity index (χ1v) is 4.81. The van der Waals surface area contributed by atoms with E-state index in [9.17, 15) is 9.59 Å². The number of rotatable bonds is 6. The average Bonchev–Trinajstić information content (AvgIpc) is 2.17. The largest absolute Gasteiger partial charge is 0.468 e. The molecule has 0 radical (unpaired) electrons. The predicted molar refractivity (Wildman–Crippen MR) is 55.3 cm³/mol. The molecule has 0 aromatic rings. The van der Waals surface area contributed by atoms with Crippen LogP contribution in [0, 0.1) is 5.92 Å². The molecule has 0 aliphatic rings. The van der Waals surface area contributed by atoms with Gasteiger partial charge in [-0.05, 0) is 5.92 Å². The fraction of sp³-hybridized carbons (Fsp3) is 0.800. The van der Waals surface area contributed by atoms with E-state index in [1.54, 1.807) is 14.2 Å². The van der Waals surface area contributed by atoms with E-state index < -0.39 is 5.97 Å². The second kappa shape index (κ2) is 7.23. The molecule has 1 unspecified atom stereocenters. The molecule has 0 rings (SSSR count). The highest BCUT2D eigenvalue weighted by molar-refractivity contribution is 5.81. The van der Waals surface area contributed by atoms with Crippen LogP contribution in [-0.4, -0.2) is 51.2 Å². The Bertz CT molecular complexity index is 217. The molecule has 1 amide bonds. The molecular formula is C10H19NO4. The third kappa shape index (κ3) is 6.06. The summed E-state index contributed by atoms with van der Waals surface area (Å²) in [5.74, 6) is -0.335. The number of amides is 1. The van der Waals surface area contributed by atoms with Crippen LogP contribution in [0.4, 0.5) is 0 Å².